The summed E-state index contributed by atoms with van der Waals surface area (Å²) in [7, 11) is -2.16. The van der Waals surface area contributed by atoms with Gasteiger partial charge in [0.25, 0.3) is 10.0 Å². The van der Waals surface area contributed by atoms with Crippen LogP contribution in [-0.2, 0) is 23.0 Å². The van der Waals surface area contributed by atoms with Gasteiger partial charge in [-0.15, -0.1) is 0 Å². The van der Waals surface area contributed by atoms with Crippen LogP contribution in [0, 0.1) is 12.7 Å². The van der Waals surface area contributed by atoms with E-state index in [1.54, 1.807) is 13.2 Å². The molecule has 1 aromatic heterocycles. The largest absolute Gasteiger partial charge is 0.316 e. The van der Waals surface area contributed by atoms with Crippen LogP contribution in [0.5, 0.6) is 0 Å². The zero-order valence-corrected chi connectivity index (χ0v) is 18.8. The van der Waals surface area contributed by atoms with Crippen molar-refractivity contribution in [3.63, 3.8) is 0 Å². The first-order valence-electron chi connectivity index (χ1n) is 9.83. The van der Waals surface area contributed by atoms with E-state index in [9.17, 15) is 12.8 Å². The molecule has 4 nitrogen and oxygen atoms in total. The molecule has 7 heteroatoms. The lowest BCUT2D eigenvalue weighted by Gasteiger charge is -2.10. The van der Waals surface area contributed by atoms with Gasteiger partial charge in [0, 0.05) is 23.2 Å². The van der Waals surface area contributed by atoms with Crippen molar-refractivity contribution in [3.05, 3.63) is 100.0 Å². The fraction of sp³-hybridized carbons (Fsp3) is 0.167. The highest BCUT2D eigenvalue weighted by atomic mass is 35.5. The topological polar surface area (TPSA) is 51.1 Å². The molecule has 0 atom stereocenters. The molecule has 0 saturated carbocycles. The van der Waals surface area contributed by atoms with Crippen LogP contribution in [-0.4, -0.2) is 19.4 Å². The highest BCUT2D eigenvalue weighted by Gasteiger charge is 2.22. The predicted octanol–water partition coefficient (Wildman–Crippen LogP) is 5.29. The standard InChI is InChI=1S/C24H22ClFN2O2S/c1-16-6-8-18(23(25)10-16)11-17-7-9-22-19(14-27-2)15-28(24(22)12-17)31(29,30)21-5-3-4-20(26)13-21/h3-10,12-13,15,27H,11,14H2,1-2H3. The van der Waals surface area contributed by atoms with Gasteiger partial charge in [-0.3, -0.25) is 0 Å². The second-order valence-corrected chi connectivity index (χ2v) is 9.79. The summed E-state index contributed by atoms with van der Waals surface area (Å²) in [6.07, 6.45) is 2.17. The van der Waals surface area contributed by atoms with Crippen molar-refractivity contribution in [1.82, 2.24) is 9.29 Å². The SMILES string of the molecule is CNCc1cn(S(=O)(=O)c2cccc(F)c2)c2cc(Cc3ccc(C)cc3Cl)ccc12. The summed E-state index contributed by atoms with van der Waals surface area (Å²) in [6.45, 7) is 2.49. The third-order valence-corrected chi connectivity index (χ3v) is 7.26. The average Bonchev–Trinajstić information content (AvgIpc) is 3.09. The Balaban J connectivity index is 1.85. The van der Waals surface area contributed by atoms with Crippen molar-refractivity contribution in [2.24, 2.45) is 0 Å². The normalized spacial score (nSPS) is 11.9. The van der Waals surface area contributed by atoms with Crippen LogP contribution < -0.4 is 5.32 Å². The van der Waals surface area contributed by atoms with E-state index >= 15 is 0 Å². The maximum atomic E-state index is 13.7. The predicted molar refractivity (Wildman–Crippen MR) is 123 cm³/mol. The Hall–Kier alpha value is -2.67. The Morgan fingerprint density at radius 1 is 1.03 bits per heavy atom. The van der Waals surface area contributed by atoms with Gasteiger partial charge in [-0.2, -0.15) is 0 Å². The molecule has 1 heterocycles. The third kappa shape index (κ3) is 4.24. The van der Waals surface area contributed by atoms with E-state index in [1.807, 2.05) is 43.3 Å². The van der Waals surface area contributed by atoms with Crippen molar-refractivity contribution in [2.45, 2.75) is 24.8 Å². The maximum Gasteiger partial charge on any atom is 0.268 e. The van der Waals surface area contributed by atoms with E-state index < -0.39 is 15.8 Å². The van der Waals surface area contributed by atoms with Crippen molar-refractivity contribution >= 4 is 32.5 Å². The van der Waals surface area contributed by atoms with E-state index in [2.05, 4.69) is 5.32 Å². The van der Waals surface area contributed by atoms with Crippen LogP contribution in [0.2, 0.25) is 5.02 Å². The maximum absolute atomic E-state index is 13.7. The average molecular weight is 457 g/mol. The summed E-state index contributed by atoms with van der Waals surface area (Å²) in [5.41, 5.74) is 4.37. The number of rotatable bonds is 6. The number of nitrogens with one attached hydrogen (secondary N) is 1. The molecule has 0 unspecified atom stereocenters. The van der Waals surface area contributed by atoms with E-state index in [4.69, 9.17) is 11.6 Å². The minimum absolute atomic E-state index is 0.0904. The number of nitrogens with zero attached hydrogens (tertiary/aromatic N) is 1. The Morgan fingerprint density at radius 2 is 1.84 bits per heavy atom. The molecule has 0 fully saturated rings. The summed E-state index contributed by atoms with van der Waals surface area (Å²) < 4.78 is 41.6. The first kappa shape index (κ1) is 21.6. The minimum Gasteiger partial charge on any atom is -0.316 e. The highest BCUT2D eigenvalue weighted by molar-refractivity contribution is 7.90. The number of benzene rings is 3. The lowest BCUT2D eigenvalue weighted by Crippen LogP contribution is -2.12. The smallest absolute Gasteiger partial charge is 0.268 e. The number of aromatic nitrogens is 1. The third-order valence-electron chi connectivity index (χ3n) is 5.24. The van der Waals surface area contributed by atoms with Gasteiger partial charge in [0.05, 0.1) is 10.4 Å². The van der Waals surface area contributed by atoms with Gasteiger partial charge >= 0.3 is 0 Å². The van der Waals surface area contributed by atoms with Gasteiger partial charge in [-0.05, 0) is 73.0 Å². The van der Waals surface area contributed by atoms with Gasteiger partial charge in [0.2, 0.25) is 0 Å². The molecule has 4 rings (SSSR count). The molecule has 0 aliphatic rings. The Morgan fingerprint density at radius 3 is 2.55 bits per heavy atom. The molecule has 0 amide bonds. The molecule has 0 saturated heterocycles. The number of fused-ring (bicyclic) bond motifs is 1. The van der Waals surface area contributed by atoms with Gasteiger partial charge in [-0.25, -0.2) is 16.8 Å². The van der Waals surface area contributed by atoms with Gasteiger partial charge in [0.15, 0.2) is 0 Å². The van der Waals surface area contributed by atoms with Gasteiger partial charge in [-0.1, -0.05) is 41.9 Å². The number of hydrogen-bond acceptors (Lipinski definition) is 3. The van der Waals surface area contributed by atoms with E-state index in [0.717, 1.165) is 33.7 Å². The molecule has 4 aromatic rings. The summed E-state index contributed by atoms with van der Waals surface area (Å²) in [5, 5.41) is 4.58. The lowest BCUT2D eigenvalue weighted by atomic mass is 10.0. The van der Waals surface area contributed by atoms with Crippen molar-refractivity contribution < 1.29 is 12.8 Å². The minimum atomic E-state index is -3.97. The molecule has 1 N–H and O–H groups in total. The summed E-state index contributed by atoms with van der Waals surface area (Å²) >= 11 is 6.40. The molecule has 3 aromatic carbocycles. The molecule has 160 valence electrons. The fourth-order valence-corrected chi connectivity index (χ4v) is 5.43. The Labute approximate surface area is 186 Å². The number of hydrogen-bond donors (Lipinski definition) is 1. The van der Waals surface area contributed by atoms with Crippen molar-refractivity contribution in [3.8, 4) is 0 Å². The van der Waals surface area contributed by atoms with Crippen LogP contribution in [0.4, 0.5) is 4.39 Å². The second-order valence-electron chi connectivity index (χ2n) is 7.57. The summed E-state index contributed by atoms with van der Waals surface area (Å²) in [4.78, 5) is -0.0904. The van der Waals surface area contributed by atoms with Crippen LogP contribution in [0.1, 0.15) is 22.3 Å². The zero-order chi connectivity index (χ0) is 22.2. The molecule has 0 radical (unpaired) electrons. The summed E-state index contributed by atoms with van der Waals surface area (Å²) in [6, 6.07) is 16.7. The quantitative estimate of drug-likeness (QED) is 0.429. The molecule has 0 aliphatic carbocycles. The monoisotopic (exact) mass is 456 g/mol. The van der Waals surface area contributed by atoms with Crippen LogP contribution in [0.25, 0.3) is 10.9 Å². The Kier molecular flexibility index (Phi) is 5.88. The number of halogens is 2. The van der Waals surface area contributed by atoms with Crippen molar-refractivity contribution in [1.29, 1.82) is 0 Å². The molecular weight excluding hydrogens is 435 g/mol. The summed E-state index contributed by atoms with van der Waals surface area (Å²) in [5.74, 6) is -0.595. The Bertz CT molecular complexity index is 1380. The first-order valence-corrected chi connectivity index (χ1v) is 11.6. The van der Waals surface area contributed by atoms with Gasteiger partial charge in [0.1, 0.15) is 5.82 Å². The zero-order valence-electron chi connectivity index (χ0n) is 17.2. The molecule has 0 bridgehead atoms. The van der Waals surface area contributed by atoms with Gasteiger partial charge < -0.3 is 5.32 Å². The first-order chi connectivity index (χ1) is 14.8. The van der Waals surface area contributed by atoms with E-state index in [1.165, 1.54) is 22.2 Å². The lowest BCUT2D eigenvalue weighted by molar-refractivity contribution is 0.584. The second kappa shape index (κ2) is 8.46. The number of aryl methyl sites for hydroxylation is 1. The molecular formula is C24H22ClFN2O2S. The van der Waals surface area contributed by atoms with E-state index in [-0.39, 0.29) is 4.90 Å². The van der Waals surface area contributed by atoms with Crippen LogP contribution in [0.15, 0.2) is 71.8 Å². The highest BCUT2D eigenvalue weighted by Crippen LogP contribution is 2.29. The van der Waals surface area contributed by atoms with E-state index in [0.29, 0.717) is 23.5 Å². The van der Waals surface area contributed by atoms with Crippen LogP contribution >= 0.6 is 11.6 Å². The fourth-order valence-electron chi connectivity index (χ4n) is 3.71. The molecule has 0 aliphatic heterocycles. The molecule has 31 heavy (non-hydrogen) atoms. The van der Waals surface area contributed by atoms with Crippen LogP contribution in [0.3, 0.4) is 0 Å². The van der Waals surface area contributed by atoms with Crippen molar-refractivity contribution in [2.75, 3.05) is 7.05 Å². The molecule has 0 spiro atoms.